The lowest BCUT2D eigenvalue weighted by molar-refractivity contribution is 0.0123. The Morgan fingerprint density at radius 3 is 1.86 bits per heavy atom. The molecule has 0 atom stereocenters. The van der Waals surface area contributed by atoms with Gasteiger partial charge >= 0.3 is 0 Å². The maximum atomic E-state index is 14.6. The van der Waals surface area contributed by atoms with Crippen LogP contribution in [0.5, 0.6) is 23.0 Å². The molecule has 4 heterocycles. The fourth-order valence-corrected chi connectivity index (χ4v) is 9.32. The van der Waals surface area contributed by atoms with Gasteiger partial charge in [0.2, 0.25) is 11.5 Å². The number of phenolic OH excluding ortho intramolecular Hbond substituents is 4. The van der Waals surface area contributed by atoms with Crippen molar-refractivity contribution >= 4 is 11.8 Å². The Hall–Kier alpha value is -6.72. The number of benzene rings is 4. The first-order valence-electron chi connectivity index (χ1n) is 23.7. The molecule has 6 N–H and O–H groups in total. The fraction of sp³-hybridized carbons (Fsp3) is 0.396. The van der Waals surface area contributed by atoms with Crippen molar-refractivity contribution in [3.8, 4) is 67.8 Å². The molecule has 0 aliphatic carbocycles. The molecule has 364 valence electrons. The van der Waals surface area contributed by atoms with Crippen LogP contribution in [0, 0.1) is 0 Å². The predicted molar refractivity (Wildman–Crippen MR) is 260 cm³/mol. The fourth-order valence-electron chi connectivity index (χ4n) is 9.32. The van der Waals surface area contributed by atoms with Gasteiger partial charge in [0.15, 0.2) is 0 Å². The maximum Gasteiger partial charge on any atom is 0.294 e. The van der Waals surface area contributed by atoms with Crippen LogP contribution in [0.2, 0.25) is 0 Å². The molecular formula is C53H62N6O10. The summed E-state index contributed by atoms with van der Waals surface area (Å²) in [4.78, 5) is 33.9. The summed E-state index contributed by atoms with van der Waals surface area (Å²) in [5.41, 5.74) is 9.26. The summed E-state index contributed by atoms with van der Waals surface area (Å²) >= 11 is 0. The second-order valence-corrected chi connectivity index (χ2v) is 18.7. The zero-order valence-electron chi connectivity index (χ0n) is 40.1. The van der Waals surface area contributed by atoms with Crippen molar-refractivity contribution in [2.75, 3.05) is 59.7 Å². The molecule has 2 aliphatic heterocycles. The van der Waals surface area contributed by atoms with Gasteiger partial charge in [0.25, 0.3) is 11.8 Å². The van der Waals surface area contributed by atoms with Gasteiger partial charge < -0.3 is 54.4 Å². The summed E-state index contributed by atoms with van der Waals surface area (Å²) in [6.07, 6.45) is 1.83. The quantitative estimate of drug-likeness (QED) is 0.0377. The third-order valence-corrected chi connectivity index (χ3v) is 13.1. The van der Waals surface area contributed by atoms with Crippen molar-refractivity contribution in [3.63, 3.8) is 0 Å². The Labute approximate surface area is 401 Å². The van der Waals surface area contributed by atoms with Crippen molar-refractivity contribution in [1.82, 2.24) is 30.3 Å². The third-order valence-electron chi connectivity index (χ3n) is 13.1. The molecule has 0 unspecified atom stereocenters. The van der Waals surface area contributed by atoms with Gasteiger partial charge in [-0.2, -0.15) is 0 Å². The zero-order valence-corrected chi connectivity index (χ0v) is 40.1. The number of aromatic nitrogens is 2. The summed E-state index contributed by atoms with van der Waals surface area (Å²) in [6, 6.07) is 18.0. The minimum atomic E-state index is -0.480. The maximum absolute atomic E-state index is 14.6. The Morgan fingerprint density at radius 2 is 1.29 bits per heavy atom. The summed E-state index contributed by atoms with van der Waals surface area (Å²) in [5.74, 6) is -1.49. The molecule has 2 aromatic heterocycles. The Bertz CT molecular complexity index is 2850. The average molecular weight is 943 g/mol. The molecule has 16 heteroatoms. The van der Waals surface area contributed by atoms with Gasteiger partial charge in [-0.15, -0.1) is 0 Å². The molecule has 4 aromatic carbocycles. The minimum Gasteiger partial charge on any atom is -0.508 e. The van der Waals surface area contributed by atoms with Gasteiger partial charge in [-0.3, -0.25) is 14.5 Å². The second-order valence-electron chi connectivity index (χ2n) is 18.7. The highest BCUT2D eigenvalue weighted by atomic mass is 16.5. The molecule has 0 saturated heterocycles. The van der Waals surface area contributed by atoms with E-state index in [1.54, 1.807) is 12.1 Å². The van der Waals surface area contributed by atoms with Gasteiger partial charge in [-0.1, -0.05) is 74.4 Å². The lowest BCUT2D eigenvalue weighted by Gasteiger charge is -2.29. The van der Waals surface area contributed by atoms with E-state index in [4.69, 9.17) is 13.8 Å². The van der Waals surface area contributed by atoms with E-state index in [2.05, 4.69) is 44.6 Å². The van der Waals surface area contributed by atoms with Crippen molar-refractivity contribution in [3.05, 3.63) is 106 Å². The van der Waals surface area contributed by atoms with E-state index in [9.17, 15) is 35.1 Å². The van der Waals surface area contributed by atoms with Gasteiger partial charge in [-0.25, -0.2) is 0 Å². The van der Waals surface area contributed by atoms with Crippen molar-refractivity contribution in [1.29, 1.82) is 0 Å². The molecule has 0 radical (unpaired) electrons. The molecule has 0 fully saturated rings. The number of likely N-dealkylation sites (N-methyl/N-ethyl adjacent to an activating group) is 1. The molecule has 6 aromatic rings. The van der Waals surface area contributed by atoms with Gasteiger partial charge in [0, 0.05) is 75.7 Å². The van der Waals surface area contributed by atoms with Crippen LogP contribution in [0.3, 0.4) is 0 Å². The normalized spacial score (nSPS) is 14.0. The number of ether oxygens (including phenoxy) is 1. The highest BCUT2D eigenvalue weighted by Gasteiger charge is 2.32. The van der Waals surface area contributed by atoms with Gasteiger partial charge in [0.1, 0.15) is 41.1 Å². The number of fused-ring (bicyclic) bond motifs is 2. The summed E-state index contributed by atoms with van der Waals surface area (Å²) in [5, 5.41) is 64.7. The van der Waals surface area contributed by atoms with Crippen molar-refractivity contribution in [2.24, 2.45) is 0 Å². The van der Waals surface area contributed by atoms with Crippen LogP contribution in [-0.2, 0) is 30.7 Å². The molecule has 0 bridgehead atoms. The van der Waals surface area contributed by atoms with E-state index < -0.39 is 11.8 Å². The van der Waals surface area contributed by atoms with E-state index >= 15 is 0 Å². The number of nitrogens with one attached hydrogen (secondary N) is 1. The number of nitrogens with zero attached hydrogens (tertiary/aromatic N) is 5. The molecule has 2 amide bonds. The number of aromatic hydroxyl groups is 4. The van der Waals surface area contributed by atoms with Crippen LogP contribution >= 0.6 is 0 Å². The lowest BCUT2D eigenvalue weighted by Crippen LogP contribution is -2.37. The number of rotatable bonds is 17. The zero-order chi connectivity index (χ0) is 49.1. The molecule has 16 nitrogen and oxygen atoms in total. The number of hydrogen-bond donors (Lipinski definition) is 6. The van der Waals surface area contributed by atoms with E-state index in [1.165, 1.54) is 22.6 Å². The van der Waals surface area contributed by atoms with Crippen LogP contribution in [0.25, 0.3) is 44.8 Å². The number of carbonyl (C=O) groups excluding carboxylic acids is 2. The topological polar surface area (TPSA) is 218 Å². The SMILES string of the molecule is CCNC(=O)c1onc(-c2cc(C(C)C)c(O)cc2O)c1-c1ccc2c(c1)CCN(CCOCN(CCCO)C(=O)c1onc(-c3cc(C(C)C)c(O)cc3O)c1-c1ccc3c(c1)CCN(C)C3)C2. The number of phenols is 4. The van der Waals surface area contributed by atoms with Gasteiger partial charge in [0.05, 0.1) is 17.7 Å². The first-order chi connectivity index (χ1) is 33.2. The Morgan fingerprint density at radius 1 is 0.739 bits per heavy atom. The standard InChI is InChI=1S/C53H62N6O10/c1-7-54-52(65)50-46(48(55-68-50)40-23-38(30(2)3)42(61)25-44(40)63)34-10-12-37-28-58(17-14-33(37)22-34)18-20-67-29-59(15-8-19-60)53(66)51-47(35-9-11-36-27-57(6)16-13-32(36)21-35)49(56-69-51)41-24-39(31(4)5)43(62)26-45(41)64/h9-12,21-26,30-31,60-64H,7-8,13-20,27-29H2,1-6H3,(H,54,65). The van der Waals surface area contributed by atoms with Crippen LogP contribution in [-0.4, -0.2) is 122 Å². The summed E-state index contributed by atoms with van der Waals surface area (Å²) in [7, 11) is 2.08. The van der Waals surface area contributed by atoms with Crippen LogP contribution < -0.4 is 5.32 Å². The molecule has 8 rings (SSSR count). The van der Waals surface area contributed by atoms with Crippen molar-refractivity contribution in [2.45, 2.75) is 78.8 Å². The molecule has 0 spiro atoms. The molecule has 2 aliphatic rings. The first-order valence-corrected chi connectivity index (χ1v) is 23.7. The number of aliphatic hydroxyl groups excluding tert-OH is 1. The van der Waals surface area contributed by atoms with Crippen LogP contribution in [0.4, 0.5) is 0 Å². The highest BCUT2D eigenvalue weighted by Crippen LogP contribution is 2.45. The second kappa shape index (κ2) is 20.9. The smallest absolute Gasteiger partial charge is 0.294 e. The number of carbonyl (C=O) groups is 2. The summed E-state index contributed by atoms with van der Waals surface area (Å²) in [6.45, 7) is 13.8. The van der Waals surface area contributed by atoms with Crippen molar-refractivity contribution < 1.29 is 48.9 Å². The van der Waals surface area contributed by atoms with E-state index in [0.717, 1.165) is 36.2 Å². The number of hydrogen-bond acceptors (Lipinski definition) is 14. The average Bonchev–Trinajstić information content (AvgIpc) is 3.96. The van der Waals surface area contributed by atoms with Crippen LogP contribution in [0.15, 0.2) is 69.7 Å². The highest BCUT2D eigenvalue weighted by molar-refractivity contribution is 6.03. The Kier molecular flexibility index (Phi) is 14.7. The van der Waals surface area contributed by atoms with E-state index in [-0.39, 0.29) is 71.9 Å². The molecule has 69 heavy (non-hydrogen) atoms. The number of amides is 2. The van der Waals surface area contributed by atoms with E-state index in [1.807, 2.05) is 58.9 Å². The largest absolute Gasteiger partial charge is 0.508 e. The molecular weight excluding hydrogens is 881 g/mol. The van der Waals surface area contributed by atoms with Gasteiger partial charge in [-0.05, 0) is 102 Å². The monoisotopic (exact) mass is 942 g/mol. The predicted octanol–water partition coefficient (Wildman–Crippen LogP) is 7.99. The third kappa shape index (κ3) is 10.2. The lowest BCUT2D eigenvalue weighted by atomic mass is 9.91. The number of aliphatic hydroxyl groups is 1. The van der Waals surface area contributed by atoms with Crippen LogP contribution in [0.1, 0.15) is 107 Å². The summed E-state index contributed by atoms with van der Waals surface area (Å²) < 4.78 is 17.8. The Balaban J connectivity index is 0.999. The van der Waals surface area contributed by atoms with E-state index in [0.29, 0.717) is 95.8 Å². The molecule has 0 saturated carbocycles. The first kappa shape index (κ1) is 48.7. The minimum absolute atomic E-state index is 0.0233.